The van der Waals surface area contributed by atoms with Crippen molar-refractivity contribution in [1.29, 1.82) is 0 Å². The number of halogens is 4. The average Bonchev–Trinajstić information content (AvgIpc) is 2.36. The Morgan fingerprint density at radius 1 is 1.21 bits per heavy atom. The summed E-state index contributed by atoms with van der Waals surface area (Å²) < 4.78 is 0.851. The first-order chi connectivity index (χ1) is 8.97. The van der Waals surface area contributed by atoms with Crippen molar-refractivity contribution in [2.45, 2.75) is 13.0 Å². The molecule has 0 saturated heterocycles. The molecule has 1 heterocycles. The molecule has 1 N–H and O–H groups in total. The van der Waals surface area contributed by atoms with Gasteiger partial charge in [-0.15, -0.1) is 0 Å². The second kappa shape index (κ2) is 6.31. The fourth-order valence-electron chi connectivity index (χ4n) is 1.68. The van der Waals surface area contributed by atoms with Gasteiger partial charge in [-0.1, -0.05) is 34.8 Å². The lowest BCUT2D eigenvalue weighted by Crippen LogP contribution is -2.08. The summed E-state index contributed by atoms with van der Waals surface area (Å²) in [6.07, 6.45) is 1.64. The van der Waals surface area contributed by atoms with E-state index in [1.807, 2.05) is 19.1 Å². The Bertz CT molecular complexity index is 604. The van der Waals surface area contributed by atoms with E-state index in [0.717, 1.165) is 15.7 Å². The summed E-state index contributed by atoms with van der Waals surface area (Å²) in [7, 11) is 0. The van der Waals surface area contributed by atoms with Gasteiger partial charge in [-0.2, -0.15) is 0 Å². The van der Waals surface area contributed by atoms with Crippen molar-refractivity contribution in [2.24, 2.45) is 0 Å². The van der Waals surface area contributed by atoms with Gasteiger partial charge in [0, 0.05) is 20.7 Å². The van der Waals surface area contributed by atoms with Crippen molar-refractivity contribution >= 4 is 56.4 Å². The molecule has 100 valence electrons. The van der Waals surface area contributed by atoms with Crippen LogP contribution >= 0.6 is 50.7 Å². The predicted molar refractivity (Wildman–Crippen MR) is 85.4 cm³/mol. The van der Waals surface area contributed by atoms with Gasteiger partial charge in [-0.3, -0.25) is 0 Å². The van der Waals surface area contributed by atoms with E-state index in [0.29, 0.717) is 15.2 Å². The normalized spacial score (nSPS) is 12.3. The van der Waals surface area contributed by atoms with Crippen molar-refractivity contribution < 1.29 is 0 Å². The molecule has 0 saturated carbocycles. The molecule has 2 rings (SSSR count). The van der Waals surface area contributed by atoms with Crippen LogP contribution in [0.4, 0.5) is 5.69 Å². The molecular weight excluding hydrogens is 370 g/mol. The number of nitrogens with zero attached hydrogens (tertiary/aromatic N) is 1. The minimum Gasteiger partial charge on any atom is -0.376 e. The molecular formula is C13H10BrCl3N2. The molecule has 0 bridgehead atoms. The van der Waals surface area contributed by atoms with E-state index in [9.17, 15) is 0 Å². The van der Waals surface area contributed by atoms with Crippen LogP contribution in [0.25, 0.3) is 0 Å². The highest BCUT2D eigenvalue weighted by Gasteiger charge is 2.12. The summed E-state index contributed by atoms with van der Waals surface area (Å²) in [5, 5.41) is 4.98. The van der Waals surface area contributed by atoms with E-state index >= 15 is 0 Å². The van der Waals surface area contributed by atoms with Gasteiger partial charge >= 0.3 is 0 Å². The zero-order chi connectivity index (χ0) is 14.0. The molecule has 6 heteroatoms. The maximum absolute atomic E-state index is 6.17. The average molecular weight is 381 g/mol. The van der Waals surface area contributed by atoms with Crippen LogP contribution in [-0.4, -0.2) is 4.98 Å². The molecule has 0 amide bonds. The van der Waals surface area contributed by atoms with Crippen LogP contribution in [0.3, 0.4) is 0 Å². The molecule has 0 aliphatic carbocycles. The van der Waals surface area contributed by atoms with Crippen LogP contribution in [-0.2, 0) is 0 Å². The minimum atomic E-state index is -0.0419. The zero-order valence-electron chi connectivity index (χ0n) is 9.92. The van der Waals surface area contributed by atoms with E-state index in [2.05, 4.69) is 26.2 Å². The molecule has 2 aromatic rings. The van der Waals surface area contributed by atoms with Gasteiger partial charge in [-0.25, -0.2) is 4.98 Å². The summed E-state index contributed by atoms with van der Waals surface area (Å²) in [4.78, 5) is 4.06. The molecule has 1 aromatic heterocycles. The van der Waals surface area contributed by atoms with Crippen LogP contribution in [0.5, 0.6) is 0 Å². The summed E-state index contributed by atoms with van der Waals surface area (Å²) in [6.45, 7) is 1.98. The SMILES string of the molecule is CC(Nc1cc(Br)cnc1Cl)c1cc(Cl)ccc1Cl. The second-order valence-electron chi connectivity index (χ2n) is 4.02. The third kappa shape index (κ3) is 3.76. The highest BCUT2D eigenvalue weighted by atomic mass is 79.9. The summed E-state index contributed by atoms with van der Waals surface area (Å²) in [6, 6.07) is 7.19. The van der Waals surface area contributed by atoms with E-state index in [-0.39, 0.29) is 6.04 Å². The first-order valence-electron chi connectivity index (χ1n) is 5.50. The van der Waals surface area contributed by atoms with Crippen LogP contribution < -0.4 is 5.32 Å². The molecule has 0 aliphatic rings. The molecule has 1 atom stereocenters. The monoisotopic (exact) mass is 378 g/mol. The standard InChI is InChI=1S/C13H10BrCl3N2/c1-7(10-5-9(15)2-3-11(10)16)19-12-4-8(14)6-18-13(12)17/h2-7,19H,1H3. The number of pyridine rings is 1. The summed E-state index contributed by atoms with van der Waals surface area (Å²) in [5.41, 5.74) is 1.64. The highest BCUT2D eigenvalue weighted by Crippen LogP contribution is 2.31. The molecule has 0 fully saturated rings. The number of benzene rings is 1. The molecule has 0 spiro atoms. The van der Waals surface area contributed by atoms with Crippen molar-refractivity contribution in [1.82, 2.24) is 4.98 Å². The lowest BCUT2D eigenvalue weighted by molar-refractivity contribution is 0.883. The second-order valence-corrected chi connectivity index (χ2v) is 6.14. The number of aromatic nitrogens is 1. The molecule has 1 aromatic carbocycles. The van der Waals surface area contributed by atoms with Crippen LogP contribution in [0, 0.1) is 0 Å². The van der Waals surface area contributed by atoms with Crippen molar-refractivity contribution in [3.63, 3.8) is 0 Å². The summed E-state index contributed by atoms with van der Waals surface area (Å²) >= 11 is 21.6. The van der Waals surface area contributed by atoms with Gasteiger partial charge in [0.25, 0.3) is 0 Å². The fourth-order valence-corrected chi connectivity index (χ4v) is 2.63. The lowest BCUT2D eigenvalue weighted by atomic mass is 10.1. The number of hydrogen-bond acceptors (Lipinski definition) is 2. The van der Waals surface area contributed by atoms with Crippen LogP contribution in [0.1, 0.15) is 18.5 Å². The van der Waals surface area contributed by atoms with Gasteiger partial charge in [0.15, 0.2) is 5.15 Å². The van der Waals surface area contributed by atoms with E-state index in [1.54, 1.807) is 18.3 Å². The third-order valence-corrected chi connectivity index (χ3v) is 3.92. The number of rotatable bonds is 3. The van der Waals surface area contributed by atoms with Crippen molar-refractivity contribution in [2.75, 3.05) is 5.32 Å². The quantitative estimate of drug-likeness (QED) is 0.663. The fraction of sp³-hybridized carbons (Fsp3) is 0.154. The Morgan fingerprint density at radius 3 is 2.68 bits per heavy atom. The Morgan fingerprint density at radius 2 is 1.95 bits per heavy atom. The first-order valence-corrected chi connectivity index (χ1v) is 7.42. The highest BCUT2D eigenvalue weighted by molar-refractivity contribution is 9.10. The first kappa shape index (κ1) is 14.9. The number of anilines is 1. The molecule has 0 radical (unpaired) electrons. The number of nitrogens with one attached hydrogen (secondary N) is 1. The lowest BCUT2D eigenvalue weighted by Gasteiger charge is -2.18. The Labute approximate surface area is 135 Å². The van der Waals surface area contributed by atoms with Gasteiger partial charge < -0.3 is 5.32 Å². The molecule has 19 heavy (non-hydrogen) atoms. The molecule has 1 unspecified atom stereocenters. The third-order valence-electron chi connectivity index (χ3n) is 2.60. The van der Waals surface area contributed by atoms with Crippen molar-refractivity contribution in [3.05, 3.63) is 55.7 Å². The topological polar surface area (TPSA) is 24.9 Å². The van der Waals surface area contributed by atoms with Crippen molar-refractivity contribution in [3.8, 4) is 0 Å². The Balaban J connectivity index is 2.27. The Hall–Kier alpha value is -0.480. The Kier molecular flexibility index (Phi) is 4.96. The molecule has 0 aliphatic heterocycles. The van der Waals surface area contributed by atoms with Gasteiger partial charge in [-0.05, 0) is 52.7 Å². The van der Waals surface area contributed by atoms with Crippen LogP contribution in [0.2, 0.25) is 15.2 Å². The van der Waals surface area contributed by atoms with Crippen LogP contribution in [0.15, 0.2) is 34.9 Å². The maximum atomic E-state index is 6.17. The largest absolute Gasteiger partial charge is 0.376 e. The zero-order valence-corrected chi connectivity index (χ0v) is 13.8. The van der Waals surface area contributed by atoms with Gasteiger partial charge in [0.1, 0.15) is 0 Å². The van der Waals surface area contributed by atoms with Gasteiger partial charge in [0.05, 0.1) is 11.7 Å². The number of hydrogen-bond donors (Lipinski definition) is 1. The molecule has 2 nitrogen and oxygen atoms in total. The van der Waals surface area contributed by atoms with Gasteiger partial charge in [0.2, 0.25) is 0 Å². The minimum absolute atomic E-state index is 0.0419. The smallest absolute Gasteiger partial charge is 0.152 e. The summed E-state index contributed by atoms with van der Waals surface area (Å²) in [5.74, 6) is 0. The predicted octanol–water partition coefficient (Wildman–Crippen LogP) is 5.98. The van der Waals surface area contributed by atoms with E-state index in [1.165, 1.54) is 0 Å². The van der Waals surface area contributed by atoms with E-state index in [4.69, 9.17) is 34.8 Å². The maximum Gasteiger partial charge on any atom is 0.152 e. The van der Waals surface area contributed by atoms with E-state index < -0.39 is 0 Å².